The zero-order chi connectivity index (χ0) is 23.6. The van der Waals surface area contributed by atoms with Crippen LogP contribution in [0.2, 0.25) is 0 Å². The Balaban J connectivity index is 1.34. The number of hydrogen-bond acceptors (Lipinski definition) is 6. The van der Waals surface area contributed by atoms with E-state index in [-0.39, 0.29) is 35.8 Å². The molecule has 3 aromatic rings. The van der Waals surface area contributed by atoms with Gasteiger partial charge in [-0.25, -0.2) is 4.68 Å². The summed E-state index contributed by atoms with van der Waals surface area (Å²) in [5.41, 5.74) is 0.261. The van der Waals surface area contributed by atoms with Crippen LogP contribution in [-0.2, 0) is 22.3 Å². The maximum atomic E-state index is 12.9. The third-order valence-corrected chi connectivity index (χ3v) is 5.07. The van der Waals surface area contributed by atoms with Gasteiger partial charge >= 0.3 is 6.18 Å². The van der Waals surface area contributed by atoms with Gasteiger partial charge in [0.25, 0.3) is 0 Å². The number of pyridine rings is 1. The molecule has 0 aromatic carbocycles. The summed E-state index contributed by atoms with van der Waals surface area (Å²) in [5, 5.41) is 14.6. The Kier molecular flexibility index (Phi) is 6.07. The normalized spacial score (nSPS) is 13.5. The molecule has 3 aromatic heterocycles. The first-order valence-corrected chi connectivity index (χ1v) is 10.2. The minimum atomic E-state index is -4.52. The van der Waals surface area contributed by atoms with Crippen LogP contribution in [0.3, 0.4) is 0 Å². The smallest absolute Gasteiger partial charge is 0.309 e. The SMILES string of the molecule is Cc1cc2n(n1)CCCN2C(=O)CCC(=O)Nc1ccc(-c2cncc(C(F)(F)F)c2)nn1. The number of halogens is 3. The van der Waals surface area contributed by atoms with E-state index in [9.17, 15) is 22.8 Å². The summed E-state index contributed by atoms with van der Waals surface area (Å²) in [6.07, 6.45) is -1.80. The number of aryl methyl sites for hydroxylation is 2. The lowest BCUT2D eigenvalue weighted by molar-refractivity contribution is -0.137. The second-order valence-electron chi connectivity index (χ2n) is 7.58. The number of carbonyl (C=O) groups excluding carboxylic acids is 2. The average Bonchev–Trinajstić information content (AvgIpc) is 3.17. The molecule has 172 valence electrons. The number of hydrogen-bond donors (Lipinski definition) is 1. The molecule has 4 heterocycles. The van der Waals surface area contributed by atoms with E-state index in [4.69, 9.17) is 0 Å². The molecule has 0 aliphatic carbocycles. The van der Waals surface area contributed by atoms with Crippen LogP contribution in [0.25, 0.3) is 11.3 Å². The summed E-state index contributed by atoms with van der Waals surface area (Å²) in [7, 11) is 0. The number of alkyl halides is 3. The molecule has 0 spiro atoms. The highest BCUT2D eigenvalue weighted by Crippen LogP contribution is 2.31. The maximum Gasteiger partial charge on any atom is 0.417 e. The lowest BCUT2D eigenvalue weighted by Crippen LogP contribution is -2.37. The lowest BCUT2D eigenvalue weighted by Gasteiger charge is -2.27. The summed E-state index contributed by atoms with van der Waals surface area (Å²) in [6.45, 7) is 3.18. The van der Waals surface area contributed by atoms with Crippen LogP contribution in [0.15, 0.2) is 36.7 Å². The molecule has 1 aliphatic heterocycles. The Labute approximate surface area is 186 Å². The first-order chi connectivity index (χ1) is 15.7. The molecule has 9 nitrogen and oxygen atoms in total. The van der Waals surface area contributed by atoms with Crippen molar-refractivity contribution in [1.29, 1.82) is 0 Å². The number of amides is 2. The Hall–Kier alpha value is -3.83. The van der Waals surface area contributed by atoms with Crippen molar-refractivity contribution in [2.45, 2.75) is 38.9 Å². The highest BCUT2D eigenvalue weighted by atomic mass is 19.4. The van der Waals surface area contributed by atoms with Crippen molar-refractivity contribution in [2.75, 3.05) is 16.8 Å². The zero-order valence-corrected chi connectivity index (χ0v) is 17.6. The van der Waals surface area contributed by atoms with Crippen molar-refractivity contribution < 1.29 is 22.8 Å². The monoisotopic (exact) mass is 459 g/mol. The van der Waals surface area contributed by atoms with E-state index in [1.807, 2.05) is 13.0 Å². The molecule has 33 heavy (non-hydrogen) atoms. The van der Waals surface area contributed by atoms with Gasteiger partial charge in [0.05, 0.1) is 17.0 Å². The Bertz CT molecular complexity index is 1180. The van der Waals surface area contributed by atoms with E-state index in [0.717, 1.165) is 36.7 Å². The van der Waals surface area contributed by atoms with Gasteiger partial charge in [-0.05, 0) is 31.5 Å². The van der Waals surface area contributed by atoms with Gasteiger partial charge in [-0.2, -0.15) is 18.3 Å². The topological polar surface area (TPSA) is 106 Å². The summed E-state index contributed by atoms with van der Waals surface area (Å²) < 4.78 is 40.4. The van der Waals surface area contributed by atoms with E-state index in [1.165, 1.54) is 18.3 Å². The number of aromatic nitrogens is 5. The Morgan fingerprint density at radius 2 is 1.91 bits per heavy atom. The molecule has 0 atom stereocenters. The van der Waals surface area contributed by atoms with Crippen LogP contribution in [0.4, 0.5) is 24.8 Å². The number of nitrogens with one attached hydrogen (secondary N) is 1. The van der Waals surface area contributed by atoms with Gasteiger partial charge in [-0.15, -0.1) is 10.2 Å². The molecule has 0 bridgehead atoms. The number of anilines is 2. The molecule has 0 saturated carbocycles. The van der Waals surface area contributed by atoms with E-state index in [0.29, 0.717) is 6.54 Å². The molecule has 1 aliphatic rings. The summed E-state index contributed by atoms with van der Waals surface area (Å²) in [4.78, 5) is 30.1. The molecule has 0 fully saturated rings. The van der Waals surface area contributed by atoms with E-state index < -0.39 is 17.6 Å². The molecule has 0 radical (unpaired) electrons. The molecular weight excluding hydrogens is 439 g/mol. The fourth-order valence-electron chi connectivity index (χ4n) is 3.51. The van der Waals surface area contributed by atoms with Crippen LogP contribution in [0, 0.1) is 6.92 Å². The standard InChI is InChI=1S/C21H20F3N7O2/c1-13-9-19-30(7-2-8-31(19)29-13)20(33)6-5-18(32)26-17-4-3-16(27-28-17)14-10-15(12-25-11-14)21(22,23)24/h3-4,9-12H,2,5-8H2,1H3,(H,26,28,32). The van der Waals surface area contributed by atoms with Gasteiger partial charge in [0.1, 0.15) is 5.82 Å². The van der Waals surface area contributed by atoms with Crippen molar-refractivity contribution >= 4 is 23.5 Å². The number of carbonyl (C=O) groups is 2. The molecular formula is C21H20F3N7O2. The van der Waals surface area contributed by atoms with Crippen molar-refractivity contribution in [1.82, 2.24) is 25.0 Å². The van der Waals surface area contributed by atoms with Gasteiger partial charge < -0.3 is 5.32 Å². The van der Waals surface area contributed by atoms with Crippen molar-refractivity contribution in [3.63, 3.8) is 0 Å². The largest absolute Gasteiger partial charge is 0.417 e. The third kappa shape index (κ3) is 5.16. The maximum absolute atomic E-state index is 12.9. The first kappa shape index (κ1) is 22.4. The van der Waals surface area contributed by atoms with Crippen molar-refractivity contribution in [2.24, 2.45) is 0 Å². The number of fused-ring (bicyclic) bond motifs is 1. The minimum absolute atomic E-state index is 0.0114. The molecule has 0 saturated heterocycles. The van der Waals surface area contributed by atoms with Gasteiger partial charge in [0, 0.05) is 50.0 Å². The third-order valence-electron chi connectivity index (χ3n) is 5.07. The van der Waals surface area contributed by atoms with Crippen LogP contribution in [0.5, 0.6) is 0 Å². The van der Waals surface area contributed by atoms with E-state index in [1.54, 1.807) is 9.58 Å². The zero-order valence-electron chi connectivity index (χ0n) is 17.6. The van der Waals surface area contributed by atoms with Gasteiger partial charge in [0.15, 0.2) is 5.82 Å². The number of rotatable bonds is 5. The van der Waals surface area contributed by atoms with Crippen LogP contribution in [0.1, 0.15) is 30.5 Å². The van der Waals surface area contributed by atoms with Gasteiger partial charge in [0.2, 0.25) is 11.8 Å². The summed E-state index contributed by atoms with van der Waals surface area (Å²) >= 11 is 0. The second kappa shape index (κ2) is 8.96. The van der Waals surface area contributed by atoms with Crippen molar-refractivity contribution in [3.8, 4) is 11.3 Å². The van der Waals surface area contributed by atoms with Crippen LogP contribution >= 0.6 is 0 Å². The fraction of sp³-hybridized carbons (Fsp3) is 0.333. The molecule has 12 heteroatoms. The first-order valence-electron chi connectivity index (χ1n) is 10.2. The highest BCUT2D eigenvalue weighted by Gasteiger charge is 2.31. The van der Waals surface area contributed by atoms with Crippen molar-refractivity contribution in [3.05, 3.63) is 47.9 Å². The van der Waals surface area contributed by atoms with Gasteiger partial charge in [-0.3, -0.25) is 19.5 Å². The molecule has 4 rings (SSSR count). The minimum Gasteiger partial charge on any atom is -0.309 e. The fourth-order valence-corrected chi connectivity index (χ4v) is 3.51. The van der Waals surface area contributed by atoms with E-state index >= 15 is 0 Å². The predicted molar refractivity (Wildman–Crippen MR) is 112 cm³/mol. The van der Waals surface area contributed by atoms with Crippen LogP contribution < -0.4 is 10.2 Å². The molecule has 1 N–H and O–H groups in total. The molecule has 2 amide bonds. The number of nitrogens with zero attached hydrogens (tertiary/aromatic N) is 6. The summed E-state index contributed by atoms with van der Waals surface area (Å²) in [6, 6.07) is 5.62. The van der Waals surface area contributed by atoms with E-state index in [2.05, 4.69) is 25.6 Å². The predicted octanol–water partition coefficient (Wildman–Crippen LogP) is 3.22. The quantitative estimate of drug-likeness (QED) is 0.628. The molecule has 0 unspecified atom stereocenters. The lowest BCUT2D eigenvalue weighted by atomic mass is 10.1. The average molecular weight is 459 g/mol. The van der Waals surface area contributed by atoms with Crippen LogP contribution in [-0.4, -0.2) is 43.3 Å². The Morgan fingerprint density at radius 1 is 1.09 bits per heavy atom. The second-order valence-corrected chi connectivity index (χ2v) is 7.58. The summed E-state index contributed by atoms with van der Waals surface area (Å²) in [5.74, 6) is 0.259. The Morgan fingerprint density at radius 3 is 2.64 bits per heavy atom. The van der Waals surface area contributed by atoms with Gasteiger partial charge in [-0.1, -0.05) is 0 Å². The highest BCUT2D eigenvalue weighted by molar-refractivity contribution is 5.97.